The Balaban J connectivity index is 2.98. The van der Waals surface area contributed by atoms with E-state index in [1.165, 1.54) is 2.70 Å². The molecule has 0 saturated heterocycles. The zero-order chi connectivity index (χ0) is 6.85. The molecule has 0 radical (unpaired) electrons. The molecule has 0 unspecified atom stereocenters. The van der Waals surface area contributed by atoms with Gasteiger partial charge in [0.2, 0.25) is 0 Å². The van der Waals surface area contributed by atoms with Crippen LogP contribution >= 0.6 is 23.6 Å². The van der Waals surface area contributed by atoms with Crippen molar-refractivity contribution in [1.82, 2.24) is 0 Å². The van der Waals surface area contributed by atoms with Crippen LogP contribution in [0.3, 0.4) is 0 Å². The second-order valence-electron chi connectivity index (χ2n) is 2.14. The third-order valence-electron chi connectivity index (χ3n) is 1.04. The molecule has 0 aliphatic heterocycles. The molecule has 0 atom stereocenters. The predicted octanol–water partition coefficient (Wildman–Crippen LogP) is 2.66. The Labute approximate surface area is 70.3 Å². The van der Waals surface area contributed by atoms with Gasteiger partial charge in [-0.3, -0.25) is 0 Å². The normalized spacial score (nSPS) is 10.6. The van der Waals surface area contributed by atoms with Gasteiger partial charge in [-0.15, -0.1) is 0 Å². The van der Waals surface area contributed by atoms with Crippen molar-refractivity contribution in [2.45, 2.75) is 19.8 Å². The Morgan fingerprint density at radius 3 is 2.56 bits per heavy atom. The monoisotopic (exact) mass is 224 g/mol. The molecule has 0 nitrogen and oxygen atoms in total. The first-order valence-electron chi connectivity index (χ1n) is 2.78. The standard InChI is InChI=1S/C6H8S2Se/c1-4(2)5-3-8-6(7)9-5/h3-4H,1-2H3. The summed E-state index contributed by atoms with van der Waals surface area (Å²) in [5, 5.41) is 2.22. The van der Waals surface area contributed by atoms with E-state index in [0.717, 1.165) is 0 Å². The third kappa shape index (κ3) is 2.01. The van der Waals surface area contributed by atoms with Gasteiger partial charge in [0, 0.05) is 0 Å². The van der Waals surface area contributed by atoms with Gasteiger partial charge >= 0.3 is 70.3 Å². The SMILES string of the molecule is CC(C)c1csc(=S)[se]1. The van der Waals surface area contributed by atoms with Crippen LogP contribution in [0.1, 0.15) is 24.2 Å². The molecule has 9 heavy (non-hydrogen) atoms. The van der Waals surface area contributed by atoms with Crippen LogP contribution < -0.4 is 0 Å². The minimum absolute atomic E-state index is 0.522. The molecular weight excluding hydrogens is 215 g/mol. The van der Waals surface area contributed by atoms with Gasteiger partial charge in [0.1, 0.15) is 0 Å². The van der Waals surface area contributed by atoms with Crippen molar-refractivity contribution < 1.29 is 0 Å². The summed E-state index contributed by atoms with van der Waals surface area (Å²) in [5.41, 5.74) is 0. The van der Waals surface area contributed by atoms with Gasteiger partial charge in [-0.05, 0) is 0 Å². The first-order valence-corrected chi connectivity index (χ1v) is 5.79. The molecular formula is C6H8S2Se. The number of hydrogen-bond donors (Lipinski definition) is 0. The molecule has 3 heteroatoms. The van der Waals surface area contributed by atoms with Gasteiger partial charge in [0.05, 0.1) is 0 Å². The first kappa shape index (κ1) is 7.67. The van der Waals surface area contributed by atoms with E-state index in [0.29, 0.717) is 20.4 Å². The molecule has 0 amide bonds. The Morgan fingerprint density at radius 1 is 1.67 bits per heavy atom. The fraction of sp³-hybridized carbons (Fsp3) is 0.500. The van der Waals surface area contributed by atoms with Crippen LogP contribution in [-0.4, -0.2) is 14.5 Å². The van der Waals surface area contributed by atoms with E-state index >= 15 is 0 Å². The molecule has 1 rings (SSSR count). The maximum absolute atomic E-state index is 5.05. The summed E-state index contributed by atoms with van der Waals surface area (Å²) < 4.78 is 2.74. The van der Waals surface area contributed by atoms with Crippen LogP contribution in [0, 0.1) is 2.70 Å². The Kier molecular flexibility index (Phi) is 2.65. The van der Waals surface area contributed by atoms with Gasteiger partial charge in [-0.2, -0.15) is 0 Å². The summed E-state index contributed by atoms with van der Waals surface area (Å²) in [6.07, 6.45) is 0. The van der Waals surface area contributed by atoms with Crippen molar-refractivity contribution in [3.05, 3.63) is 12.5 Å². The summed E-state index contributed by atoms with van der Waals surface area (Å²) in [4.78, 5) is 0. The first-order chi connectivity index (χ1) is 4.20. The van der Waals surface area contributed by atoms with Crippen LogP contribution in [-0.2, 0) is 0 Å². The molecule has 1 aromatic heterocycles. The molecule has 0 aromatic carbocycles. The van der Waals surface area contributed by atoms with E-state index in [1.54, 1.807) is 15.8 Å². The average molecular weight is 223 g/mol. The third-order valence-corrected chi connectivity index (χ3v) is 5.78. The molecule has 1 aromatic rings. The van der Waals surface area contributed by atoms with Gasteiger partial charge in [-0.25, -0.2) is 0 Å². The molecule has 0 N–H and O–H groups in total. The van der Waals surface area contributed by atoms with E-state index in [1.807, 2.05) is 0 Å². The van der Waals surface area contributed by atoms with Crippen LogP contribution in [0.2, 0.25) is 0 Å². The average Bonchev–Trinajstić information content (AvgIpc) is 2.14. The molecule has 0 bridgehead atoms. The zero-order valence-electron chi connectivity index (χ0n) is 5.38. The molecule has 1 heterocycles. The summed E-state index contributed by atoms with van der Waals surface area (Å²) in [7, 11) is 0. The zero-order valence-corrected chi connectivity index (χ0v) is 8.73. The van der Waals surface area contributed by atoms with Crippen molar-refractivity contribution in [2.75, 3.05) is 0 Å². The van der Waals surface area contributed by atoms with E-state index in [-0.39, 0.29) is 0 Å². The summed E-state index contributed by atoms with van der Waals surface area (Å²) >= 11 is 7.31. The molecule has 0 fully saturated rings. The van der Waals surface area contributed by atoms with Crippen LogP contribution in [0.25, 0.3) is 0 Å². The second-order valence-corrected chi connectivity index (χ2v) is 7.13. The van der Waals surface area contributed by atoms with Crippen LogP contribution in [0.5, 0.6) is 0 Å². The number of hydrogen-bond acceptors (Lipinski definition) is 2. The van der Waals surface area contributed by atoms with Crippen molar-refractivity contribution in [2.24, 2.45) is 0 Å². The van der Waals surface area contributed by atoms with Gasteiger partial charge in [-0.1, -0.05) is 0 Å². The van der Waals surface area contributed by atoms with Crippen molar-refractivity contribution in [1.29, 1.82) is 0 Å². The van der Waals surface area contributed by atoms with E-state index in [2.05, 4.69) is 19.2 Å². The molecule has 0 saturated carbocycles. The fourth-order valence-corrected chi connectivity index (χ4v) is 4.34. The topological polar surface area (TPSA) is 0 Å². The predicted molar refractivity (Wildman–Crippen MR) is 46.2 cm³/mol. The summed E-state index contributed by atoms with van der Waals surface area (Å²) in [6, 6.07) is 0. The fourth-order valence-electron chi connectivity index (χ4n) is 0.504. The van der Waals surface area contributed by atoms with Crippen LogP contribution in [0.4, 0.5) is 0 Å². The van der Waals surface area contributed by atoms with E-state index in [9.17, 15) is 0 Å². The Hall–Kier alpha value is 0.569. The summed E-state index contributed by atoms with van der Waals surface area (Å²) in [6.45, 7) is 4.45. The number of rotatable bonds is 1. The van der Waals surface area contributed by atoms with E-state index in [4.69, 9.17) is 12.2 Å². The van der Waals surface area contributed by atoms with E-state index < -0.39 is 0 Å². The maximum atomic E-state index is 5.05. The van der Waals surface area contributed by atoms with Gasteiger partial charge in [0.25, 0.3) is 0 Å². The Morgan fingerprint density at radius 2 is 2.33 bits per heavy atom. The van der Waals surface area contributed by atoms with Crippen molar-refractivity contribution in [3.63, 3.8) is 0 Å². The van der Waals surface area contributed by atoms with Crippen molar-refractivity contribution >= 4 is 38.1 Å². The Bertz CT molecular complexity index is 233. The van der Waals surface area contributed by atoms with Gasteiger partial charge in [0.15, 0.2) is 0 Å². The van der Waals surface area contributed by atoms with Gasteiger partial charge < -0.3 is 0 Å². The molecule has 0 spiro atoms. The molecule has 50 valence electrons. The van der Waals surface area contributed by atoms with Crippen LogP contribution in [0.15, 0.2) is 5.38 Å². The van der Waals surface area contributed by atoms with Crippen molar-refractivity contribution in [3.8, 4) is 0 Å². The minimum atomic E-state index is 0.522. The second kappa shape index (κ2) is 3.11. The molecule has 0 aliphatic rings. The summed E-state index contributed by atoms with van der Waals surface area (Å²) in [5.74, 6) is 0.706. The quantitative estimate of drug-likeness (QED) is 0.521. The molecule has 0 aliphatic carbocycles.